The summed E-state index contributed by atoms with van der Waals surface area (Å²) < 4.78 is 31.6. The second-order valence-corrected chi connectivity index (χ2v) is 18.6. The number of aliphatic hydroxyl groups is 1. The Balaban J connectivity index is 0.000000245. The second-order valence-electron chi connectivity index (χ2n) is 17.7. The number of halogens is 2. The Kier molecular flexibility index (Phi) is 19.7. The average Bonchev–Trinajstić information content (AvgIpc) is 3.78. The number of hydrogen-bond donors (Lipinski definition) is 3. The lowest BCUT2D eigenvalue weighted by Gasteiger charge is -2.26. The maximum absolute atomic E-state index is 12.4. The molecule has 2 aliphatic carbocycles. The molecule has 6 rings (SSSR count). The van der Waals surface area contributed by atoms with Gasteiger partial charge >= 0.3 is 18.2 Å². The maximum Gasteiger partial charge on any atom is 0.413 e. The van der Waals surface area contributed by atoms with E-state index in [1.165, 1.54) is 0 Å². The van der Waals surface area contributed by atoms with Gasteiger partial charge in [-0.1, -0.05) is 50.9 Å². The zero-order chi connectivity index (χ0) is 47.0. The molecule has 65 heavy (non-hydrogen) atoms. The van der Waals surface area contributed by atoms with Crippen LogP contribution in [0.5, 0.6) is 11.5 Å². The minimum atomic E-state index is -0.548. The predicted octanol–water partition coefficient (Wildman–Crippen LogP) is 10.6. The Hall–Kier alpha value is -4.99. The van der Waals surface area contributed by atoms with Gasteiger partial charge in [0.05, 0.1) is 38.8 Å². The largest absolute Gasteiger partial charge is 0.493 e. The number of esters is 1. The summed E-state index contributed by atoms with van der Waals surface area (Å²) in [5.41, 5.74) is 3.61. The number of benzene rings is 2. The molecule has 2 amide bonds. The highest BCUT2D eigenvalue weighted by Crippen LogP contribution is 2.30. The summed E-state index contributed by atoms with van der Waals surface area (Å²) in [6.07, 6.45) is 4.52. The number of carbonyl (C=O) groups is 3. The highest BCUT2D eigenvalue weighted by molar-refractivity contribution is 6.31. The molecule has 0 unspecified atom stereocenters. The number of aliphatic hydroxyl groups excluding tert-OH is 1. The quantitative estimate of drug-likeness (QED) is 0.0678. The van der Waals surface area contributed by atoms with Crippen LogP contribution in [0.4, 0.5) is 21.2 Å². The number of anilines is 2. The van der Waals surface area contributed by atoms with Gasteiger partial charge in [-0.05, 0) is 126 Å². The van der Waals surface area contributed by atoms with Gasteiger partial charge in [0, 0.05) is 51.3 Å². The topological polar surface area (TPSA) is 177 Å². The fourth-order valence-corrected chi connectivity index (χ4v) is 7.99. The van der Waals surface area contributed by atoms with Crippen molar-refractivity contribution in [2.75, 3.05) is 37.1 Å². The van der Waals surface area contributed by atoms with Gasteiger partial charge in [0.1, 0.15) is 23.7 Å². The SMILES string of the molecule is CCOC(=O)C1CCC(OC(=O)Nc2cc(C)n(Cc3cc(Cl)ccc3OCC(C)C)n2)CC1.Cc1cc(NC(=O)OC2CCC(CO)CC2)nn1Cc1cc(Cl)ccc1OCC(C)C. The van der Waals surface area contributed by atoms with Crippen molar-refractivity contribution in [2.24, 2.45) is 23.7 Å². The van der Waals surface area contributed by atoms with Crippen molar-refractivity contribution in [2.45, 2.75) is 125 Å². The molecule has 2 fully saturated rings. The number of aryl methyl sites for hydroxylation is 2. The van der Waals surface area contributed by atoms with Crippen molar-refractivity contribution in [3.63, 3.8) is 0 Å². The molecule has 4 aromatic rings. The standard InChI is InChI=1S/C25H34ClN3O5.C23H32ClN3O4/c1-5-32-24(30)18-6-9-21(10-7-18)34-25(31)27-23-12-17(4)29(28-23)14-19-13-20(26)8-11-22(19)33-15-16(2)3;1-15(2)14-30-21-9-6-19(24)11-18(21)12-27-16(3)10-22(26-27)25-23(29)31-20-7-4-17(13-28)5-8-20/h8,11-13,16,18,21H,5-7,9-10,14-15H2,1-4H3,(H,27,28,31);6,9-11,15,17,20,28H,4-5,7-8,12-14H2,1-3H3,(H,25,26,29). The fraction of sp³-hybridized carbons (Fsp3) is 0.562. The smallest absolute Gasteiger partial charge is 0.413 e. The molecule has 2 aromatic heterocycles. The second kappa shape index (κ2) is 25.1. The molecule has 0 atom stereocenters. The van der Waals surface area contributed by atoms with E-state index >= 15 is 0 Å². The van der Waals surface area contributed by atoms with Crippen LogP contribution in [0.25, 0.3) is 0 Å². The lowest BCUT2D eigenvalue weighted by molar-refractivity contribution is -0.149. The van der Waals surface area contributed by atoms with Crippen molar-refractivity contribution in [1.29, 1.82) is 0 Å². The molecule has 0 spiro atoms. The predicted molar refractivity (Wildman–Crippen MR) is 251 cm³/mol. The van der Waals surface area contributed by atoms with Gasteiger partial charge in [-0.2, -0.15) is 10.2 Å². The van der Waals surface area contributed by atoms with Crippen LogP contribution in [0.1, 0.15) is 109 Å². The van der Waals surface area contributed by atoms with Crippen molar-refractivity contribution < 1.29 is 43.2 Å². The molecular formula is C48H66Cl2N6O9. The highest BCUT2D eigenvalue weighted by atomic mass is 35.5. The first-order valence-electron chi connectivity index (χ1n) is 22.7. The molecule has 356 valence electrons. The van der Waals surface area contributed by atoms with Crippen LogP contribution in [-0.2, 0) is 32.1 Å². The number of carbonyl (C=O) groups excluding carboxylic acids is 3. The van der Waals surface area contributed by atoms with Crippen LogP contribution in [-0.4, -0.2) is 81.5 Å². The van der Waals surface area contributed by atoms with Gasteiger partial charge in [0.15, 0.2) is 11.6 Å². The van der Waals surface area contributed by atoms with Crippen LogP contribution in [0.15, 0.2) is 48.5 Å². The molecule has 17 heteroatoms. The van der Waals surface area contributed by atoms with E-state index in [-0.39, 0.29) is 30.7 Å². The van der Waals surface area contributed by atoms with Crippen molar-refractivity contribution >= 4 is 53.0 Å². The molecule has 0 aliphatic heterocycles. The summed E-state index contributed by atoms with van der Waals surface area (Å²) in [6, 6.07) is 14.7. The molecule has 15 nitrogen and oxygen atoms in total. The summed E-state index contributed by atoms with van der Waals surface area (Å²) >= 11 is 12.4. The number of nitrogens with one attached hydrogen (secondary N) is 2. The van der Waals surface area contributed by atoms with Crippen LogP contribution < -0.4 is 20.1 Å². The first-order chi connectivity index (χ1) is 31.1. The first-order valence-corrected chi connectivity index (χ1v) is 23.5. The monoisotopic (exact) mass is 940 g/mol. The molecule has 3 N–H and O–H groups in total. The van der Waals surface area contributed by atoms with E-state index in [4.69, 9.17) is 46.9 Å². The molecule has 2 aromatic carbocycles. The summed E-state index contributed by atoms with van der Waals surface area (Å²) in [5, 5.41) is 24.9. The minimum Gasteiger partial charge on any atom is -0.493 e. The van der Waals surface area contributed by atoms with Crippen molar-refractivity contribution in [3.05, 3.63) is 81.1 Å². The molecule has 2 saturated carbocycles. The normalized spacial score (nSPS) is 18.3. The van der Waals surface area contributed by atoms with Crippen molar-refractivity contribution in [3.8, 4) is 11.5 Å². The minimum absolute atomic E-state index is 0.109. The third-order valence-electron chi connectivity index (χ3n) is 11.1. The van der Waals surface area contributed by atoms with Gasteiger partial charge in [-0.3, -0.25) is 24.8 Å². The van der Waals surface area contributed by atoms with Crippen LogP contribution in [0.3, 0.4) is 0 Å². The Morgan fingerprint density at radius 1 is 0.692 bits per heavy atom. The Morgan fingerprint density at radius 2 is 1.12 bits per heavy atom. The maximum atomic E-state index is 12.4. The summed E-state index contributed by atoms with van der Waals surface area (Å²) in [5.74, 6) is 3.26. The van der Waals surface area contributed by atoms with Gasteiger partial charge in [0.25, 0.3) is 0 Å². The number of hydrogen-bond acceptors (Lipinski definition) is 11. The summed E-state index contributed by atoms with van der Waals surface area (Å²) in [7, 11) is 0. The Morgan fingerprint density at radius 3 is 1.52 bits per heavy atom. The van der Waals surface area contributed by atoms with E-state index in [9.17, 15) is 19.5 Å². The van der Waals surface area contributed by atoms with E-state index in [1.807, 2.05) is 50.2 Å². The highest BCUT2D eigenvalue weighted by Gasteiger charge is 2.29. The van der Waals surface area contributed by atoms with Gasteiger partial charge in [-0.15, -0.1) is 0 Å². The Bertz CT molecular complexity index is 2160. The van der Waals surface area contributed by atoms with Crippen molar-refractivity contribution in [1.82, 2.24) is 19.6 Å². The van der Waals surface area contributed by atoms with Gasteiger partial charge < -0.3 is 28.8 Å². The van der Waals surface area contributed by atoms with Crippen LogP contribution >= 0.6 is 23.2 Å². The number of aromatic nitrogens is 4. The number of ether oxygens (including phenoxy) is 5. The Labute approximate surface area is 392 Å². The van der Waals surface area contributed by atoms with E-state index in [0.717, 1.165) is 59.7 Å². The third-order valence-corrected chi connectivity index (χ3v) is 11.6. The van der Waals surface area contributed by atoms with E-state index in [1.54, 1.807) is 28.4 Å². The van der Waals surface area contributed by atoms with Crippen LogP contribution in [0.2, 0.25) is 10.0 Å². The summed E-state index contributed by atoms with van der Waals surface area (Å²) in [6.45, 7) is 16.8. The number of amides is 2. The van der Waals surface area contributed by atoms with E-state index < -0.39 is 12.2 Å². The van der Waals surface area contributed by atoms with Crippen LogP contribution in [0, 0.1) is 37.5 Å². The zero-order valence-corrected chi connectivity index (χ0v) is 40.3. The molecule has 0 radical (unpaired) electrons. The molecular weight excluding hydrogens is 875 g/mol. The molecule has 0 saturated heterocycles. The van der Waals surface area contributed by atoms with Gasteiger partial charge in [-0.25, -0.2) is 9.59 Å². The zero-order valence-electron chi connectivity index (χ0n) is 38.7. The van der Waals surface area contributed by atoms with E-state index in [0.29, 0.717) is 98.0 Å². The lowest BCUT2D eigenvalue weighted by atomic mass is 9.87. The molecule has 2 heterocycles. The molecule has 0 bridgehead atoms. The van der Waals surface area contributed by atoms with Gasteiger partial charge in [0.2, 0.25) is 0 Å². The first kappa shape index (κ1) is 51.0. The summed E-state index contributed by atoms with van der Waals surface area (Å²) in [4.78, 5) is 36.6. The third kappa shape index (κ3) is 16.4. The lowest BCUT2D eigenvalue weighted by Crippen LogP contribution is -2.30. The molecule has 2 aliphatic rings. The number of rotatable bonds is 17. The fourth-order valence-electron chi connectivity index (χ4n) is 7.60. The van der Waals surface area contributed by atoms with E-state index in [2.05, 4.69) is 48.5 Å². The number of nitrogens with zero attached hydrogens (tertiary/aromatic N) is 4. The average molecular weight is 942 g/mol.